The normalized spacial score (nSPS) is 20.1. The van der Waals surface area contributed by atoms with Crippen molar-refractivity contribution in [1.82, 2.24) is 30.0 Å². The summed E-state index contributed by atoms with van der Waals surface area (Å²) in [5.41, 5.74) is 0.445. The Labute approximate surface area is 150 Å². The van der Waals surface area contributed by atoms with Crippen LogP contribution in [0.5, 0.6) is 0 Å². The predicted octanol–water partition coefficient (Wildman–Crippen LogP) is 2.12. The van der Waals surface area contributed by atoms with E-state index in [-0.39, 0.29) is 17.1 Å². The maximum Gasteiger partial charge on any atom is 0.291 e. The van der Waals surface area contributed by atoms with Crippen molar-refractivity contribution >= 4 is 5.91 Å². The van der Waals surface area contributed by atoms with E-state index in [9.17, 15) is 4.79 Å². The molecule has 1 amide bonds. The third kappa shape index (κ3) is 3.05. The van der Waals surface area contributed by atoms with Crippen LogP contribution in [0.4, 0.5) is 0 Å². The molecule has 4 heterocycles. The minimum atomic E-state index is -0.378. The van der Waals surface area contributed by atoms with Crippen LogP contribution in [0.1, 0.15) is 36.2 Å². The Morgan fingerprint density at radius 1 is 1.19 bits per heavy atom. The van der Waals surface area contributed by atoms with Gasteiger partial charge in [0, 0.05) is 48.9 Å². The highest BCUT2D eigenvalue weighted by atomic mass is 16.5. The number of piperidine rings is 1. The summed E-state index contributed by atoms with van der Waals surface area (Å²) in [6.07, 6.45) is 8.24. The summed E-state index contributed by atoms with van der Waals surface area (Å²) < 4.78 is 5.43. The summed E-state index contributed by atoms with van der Waals surface area (Å²) in [7, 11) is 0. The van der Waals surface area contributed by atoms with Crippen LogP contribution < -0.4 is 0 Å². The molecule has 3 aromatic heterocycles. The molecule has 1 unspecified atom stereocenters. The molecule has 26 heavy (non-hydrogen) atoms. The van der Waals surface area contributed by atoms with Crippen molar-refractivity contribution in [1.29, 1.82) is 0 Å². The van der Waals surface area contributed by atoms with E-state index < -0.39 is 0 Å². The van der Waals surface area contributed by atoms with E-state index in [0.717, 1.165) is 18.4 Å². The first-order valence-electron chi connectivity index (χ1n) is 8.47. The Hall–Kier alpha value is -3.16. The van der Waals surface area contributed by atoms with E-state index in [1.54, 1.807) is 35.8 Å². The van der Waals surface area contributed by atoms with Gasteiger partial charge in [-0.1, -0.05) is 12.1 Å². The highest BCUT2D eigenvalue weighted by Gasteiger charge is 2.39. The zero-order chi connectivity index (χ0) is 18.0. The van der Waals surface area contributed by atoms with Crippen molar-refractivity contribution in [3.8, 4) is 11.5 Å². The quantitative estimate of drug-likeness (QED) is 0.713. The second-order valence-electron chi connectivity index (χ2n) is 6.62. The molecule has 0 aromatic carbocycles. The van der Waals surface area contributed by atoms with Gasteiger partial charge in [0.2, 0.25) is 5.82 Å². The van der Waals surface area contributed by atoms with Crippen molar-refractivity contribution in [2.24, 2.45) is 0 Å². The number of nitrogens with zero attached hydrogens (tertiary/aromatic N) is 6. The minimum absolute atomic E-state index is 0.172. The van der Waals surface area contributed by atoms with Gasteiger partial charge in [-0.05, 0) is 31.0 Å². The van der Waals surface area contributed by atoms with Gasteiger partial charge in [0.25, 0.3) is 11.8 Å². The van der Waals surface area contributed by atoms with Crippen LogP contribution in [0.2, 0.25) is 0 Å². The second-order valence-corrected chi connectivity index (χ2v) is 6.62. The summed E-state index contributed by atoms with van der Waals surface area (Å²) in [5, 5.41) is 4.18. The monoisotopic (exact) mass is 350 g/mol. The summed E-state index contributed by atoms with van der Waals surface area (Å²) in [6, 6.07) is 5.34. The van der Waals surface area contributed by atoms with Crippen LogP contribution in [-0.4, -0.2) is 49.0 Å². The van der Waals surface area contributed by atoms with Crippen LogP contribution >= 0.6 is 0 Å². The van der Waals surface area contributed by atoms with Gasteiger partial charge in [-0.15, -0.1) is 0 Å². The molecule has 132 valence electrons. The molecule has 0 radical (unpaired) electrons. The first-order chi connectivity index (χ1) is 12.7. The summed E-state index contributed by atoms with van der Waals surface area (Å²) in [6.45, 7) is 3.22. The van der Waals surface area contributed by atoms with Gasteiger partial charge >= 0.3 is 0 Å². The number of rotatable bonds is 3. The van der Waals surface area contributed by atoms with Crippen molar-refractivity contribution in [2.45, 2.75) is 25.2 Å². The maximum absolute atomic E-state index is 12.7. The summed E-state index contributed by atoms with van der Waals surface area (Å²) >= 11 is 0. The van der Waals surface area contributed by atoms with Gasteiger partial charge in [-0.3, -0.25) is 9.78 Å². The number of carbonyl (C=O) groups excluding carboxylic acids is 1. The second kappa shape index (κ2) is 6.62. The van der Waals surface area contributed by atoms with E-state index in [1.165, 1.54) is 0 Å². The number of hydrogen-bond acceptors (Lipinski definition) is 7. The van der Waals surface area contributed by atoms with Gasteiger partial charge in [0.15, 0.2) is 5.82 Å². The van der Waals surface area contributed by atoms with Gasteiger partial charge in [-0.25, -0.2) is 9.97 Å². The molecule has 1 fully saturated rings. The van der Waals surface area contributed by atoms with Gasteiger partial charge in [-0.2, -0.15) is 4.98 Å². The Morgan fingerprint density at radius 3 is 2.73 bits per heavy atom. The molecular weight excluding hydrogens is 332 g/mol. The Bertz CT molecular complexity index is 898. The lowest BCUT2D eigenvalue weighted by molar-refractivity contribution is 0.0629. The van der Waals surface area contributed by atoms with E-state index in [2.05, 4.69) is 32.0 Å². The lowest BCUT2D eigenvalue weighted by Crippen LogP contribution is -2.48. The molecule has 0 N–H and O–H groups in total. The molecule has 1 atom stereocenters. The fourth-order valence-corrected chi connectivity index (χ4v) is 3.23. The van der Waals surface area contributed by atoms with Crippen LogP contribution in [0.15, 0.2) is 47.5 Å². The van der Waals surface area contributed by atoms with Crippen molar-refractivity contribution in [3.63, 3.8) is 0 Å². The highest BCUT2D eigenvalue weighted by molar-refractivity contribution is 5.90. The summed E-state index contributed by atoms with van der Waals surface area (Å²) in [4.78, 5) is 31.1. The lowest BCUT2D eigenvalue weighted by Gasteiger charge is -2.38. The molecule has 8 heteroatoms. The molecule has 1 saturated heterocycles. The Kier molecular flexibility index (Phi) is 4.16. The third-order valence-corrected chi connectivity index (χ3v) is 4.63. The topological polar surface area (TPSA) is 97.9 Å². The average molecular weight is 350 g/mol. The molecule has 0 bridgehead atoms. The summed E-state index contributed by atoms with van der Waals surface area (Å²) in [5.74, 6) is 1.10. The highest BCUT2D eigenvalue weighted by Crippen LogP contribution is 2.33. The number of amides is 1. The average Bonchev–Trinajstić information content (AvgIpc) is 3.20. The zero-order valence-electron chi connectivity index (χ0n) is 14.4. The minimum Gasteiger partial charge on any atom is -0.335 e. The molecule has 8 nitrogen and oxygen atoms in total. The van der Waals surface area contributed by atoms with Crippen molar-refractivity contribution < 1.29 is 9.32 Å². The number of hydrogen-bond donors (Lipinski definition) is 0. The first-order valence-corrected chi connectivity index (χ1v) is 8.47. The molecule has 4 rings (SSSR count). The molecule has 1 aliphatic heterocycles. The SMILES string of the molecule is CC1(c2noc(-c3ccncc3)n2)CCCN(C(=O)c2ncccn2)C1. The van der Waals surface area contributed by atoms with Crippen molar-refractivity contribution in [2.75, 3.05) is 13.1 Å². The first kappa shape index (κ1) is 16.3. The van der Waals surface area contributed by atoms with Crippen molar-refractivity contribution in [3.05, 3.63) is 54.6 Å². The van der Waals surface area contributed by atoms with Gasteiger partial charge < -0.3 is 9.42 Å². The van der Waals surface area contributed by atoms with E-state index in [4.69, 9.17) is 4.52 Å². The molecule has 0 saturated carbocycles. The number of likely N-dealkylation sites (tertiary alicyclic amines) is 1. The standard InChI is InChI=1S/C18H18N6O2/c1-18(17-22-15(26-23-17)13-4-9-19-10-5-13)6-2-11-24(12-18)16(25)14-20-7-3-8-21-14/h3-5,7-10H,2,6,11-12H2,1H3. The van der Waals surface area contributed by atoms with Crippen LogP contribution in [0, 0.1) is 0 Å². The van der Waals surface area contributed by atoms with Gasteiger partial charge in [0.05, 0.1) is 0 Å². The van der Waals surface area contributed by atoms with Crippen LogP contribution in [0.3, 0.4) is 0 Å². The largest absolute Gasteiger partial charge is 0.335 e. The molecule has 1 aliphatic rings. The molecule has 3 aromatic rings. The van der Waals surface area contributed by atoms with Gasteiger partial charge in [0.1, 0.15) is 0 Å². The third-order valence-electron chi connectivity index (χ3n) is 4.63. The smallest absolute Gasteiger partial charge is 0.291 e. The Morgan fingerprint density at radius 2 is 1.96 bits per heavy atom. The number of aromatic nitrogens is 5. The molecule has 0 spiro atoms. The number of carbonyl (C=O) groups is 1. The zero-order valence-corrected chi connectivity index (χ0v) is 14.4. The van der Waals surface area contributed by atoms with Crippen LogP contribution in [0.25, 0.3) is 11.5 Å². The fourth-order valence-electron chi connectivity index (χ4n) is 3.23. The maximum atomic E-state index is 12.7. The molecular formula is C18H18N6O2. The van der Waals surface area contributed by atoms with E-state index in [0.29, 0.717) is 24.8 Å². The molecule has 0 aliphatic carbocycles. The fraction of sp³-hybridized carbons (Fsp3) is 0.333. The Balaban J connectivity index is 1.56. The number of pyridine rings is 1. The predicted molar refractivity (Wildman–Crippen MR) is 92.1 cm³/mol. The van der Waals surface area contributed by atoms with E-state index in [1.807, 2.05) is 12.1 Å². The van der Waals surface area contributed by atoms with Crippen LogP contribution in [-0.2, 0) is 5.41 Å². The van der Waals surface area contributed by atoms with E-state index >= 15 is 0 Å². The lowest BCUT2D eigenvalue weighted by atomic mass is 9.81.